The predicted octanol–water partition coefficient (Wildman–Crippen LogP) is 4.59. The second-order valence-corrected chi connectivity index (χ2v) is 13.7. The summed E-state index contributed by atoms with van der Waals surface area (Å²) in [6.07, 6.45) is 1.45. The first-order chi connectivity index (χ1) is 22.1. The monoisotopic (exact) mass is 664 g/mol. The van der Waals surface area contributed by atoms with Gasteiger partial charge in [-0.05, 0) is 49.7 Å². The lowest BCUT2D eigenvalue weighted by Crippen LogP contribution is -2.45. The number of carbonyl (C=O) groups is 1. The summed E-state index contributed by atoms with van der Waals surface area (Å²) in [6.45, 7) is 2.41. The predicted molar refractivity (Wildman–Crippen MR) is 178 cm³/mol. The van der Waals surface area contributed by atoms with Gasteiger partial charge in [-0.15, -0.1) is 11.3 Å². The van der Waals surface area contributed by atoms with Gasteiger partial charge in [0.2, 0.25) is 11.9 Å². The number of rotatable bonds is 6. The molecule has 11 nitrogen and oxygen atoms in total. The van der Waals surface area contributed by atoms with Crippen LogP contribution >= 0.6 is 22.9 Å². The molecule has 5 heterocycles. The quantitative estimate of drug-likeness (QED) is 0.302. The van der Waals surface area contributed by atoms with E-state index in [2.05, 4.69) is 21.2 Å². The van der Waals surface area contributed by atoms with Crippen molar-refractivity contribution in [2.75, 3.05) is 63.8 Å². The van der Waals surface area contributed by atoms with Crippen LogP contribution in [0.4, 0.5) is 21.2 Å². The van der Waals surface area contributed by atoms with Gasteiger partial charge >= 0.3 is 0 Å². The van der Waals surface area contributed by atoms with Gasteiger partial charge in [0, 0.05) is 44.7 Å². The molecule has 3 atom stereocenters. The topological polar surface area (TPSA) is 133 Å². The summed E-state index contributed by atoms with van der Waals surface area (Å²) >= 11 is 8.42. The van der Waals surface area contributed by atoms with Crippen molar-refractivity contribution in [2.45, 2.75) is 44.2 Å². The van der Waals surface area contributed by atoms with E-state index in [9.17, 15) is 10.1 Å². The average Bonchev–Trinajstić information content (AvgIpc) is 3.77. The lowest BCUT2D eigenvalue weighted by atomic mass is 9.91. The maximum Gasteiger partial charge on any atom is 0.244 e. The van der Waals surface area contributed by atoms with Gasteiger partial charge in [0.05, 0.1) is 51.5 Å². The number of piperidine rings is 1. The third-order valence-electron chi connectivity index (χ3n) is 9.44. The highest BCUT2D eigenvalue weighted by molar-refractivity contribution is 7.23. The van der Waals surface area contributed by atoms with Crippen molar-refractivity contribution in [1.82, 2.24) is 19.8 Å². The van der Waals surface area contributed by atoms with E-state index in [0.29, 0.717) is 75.0 Å². The van der Waals surface area contributed by atoms with Crippen LogP contribution in [0.5, 0.6) is 0 Å². The number of nitriles is 1. The molecule has 0 bridgehead atoms. The molecule has 0 radical (unpaired) electrons. The first-order valence-corrected chi connectivity index (χ1v) is 16.3. The highest BCUT2D eigenvalue weighted by Crippen LogP contribution is 2.49. The molecule has 2 saturated heterocycles. The van der Waals surface area contributed by atoms with Gasteiger partial charge in [-0.2, -0.15) is 10.2 Å². The lowest BCUT2D eigenvalue weighted by Gasteiger charge is -2.31. The molecule has 0 saturated carbocycles. The summed E-state index contributed by atoms with van der Waals surface area (Å²) < 4.78 is 27.2. The van der Waals surface area contributed by atoms with Crippen LogP contribution in [0.2, 0.25) is 5.02 Å². The minimum absolute atomic E-state index is 0.00347. The van der Waals surface area contributed by atoms with E-state index in [1.54, 1.807) is 25.1 Å². The molecule has 2 aromatic carbocycles. The summed E-state index contributed by atoms with van der Waals surface area (Å²) in [5.74, 6) is 0.493. The fourth-order valence-electron chi connectivity index (χ4n) is 7.03. The number of ether oxygens (including phenoxy) is 2. The minimum atomic E-state index is -0.468. The van der Waals surface area contributed by atoms with E-state index in [4.69, 9.17) is 36.8 Å². The number of fused-ring (bicyclic) bond motifs is 4. The van der Waals surface area contributed by atoms with Crippen LogP contribution in [0.1, 0.15) is 29.5 Å². The number of nitrogen functional groups attached to an aromatic ring is 1. The number of hydrogen-bond donors (Lipinski definition) is 2. The Hall–Kier alpha value is -3.80. The maximum absolute atomic E-state index is 15.1. The van der Waals surface area contributed by atoms with Gasteiger partial charge < -0.3 is 35.2 Å². The van der Waals surface area contributed by atoms with Crippen molar-refractivity contribution >= 4 is 66.6 Å². The van der Waals surface area contributed by atoms with Crippen LogP contribution in [0.3, 0.4) is 0 Å². The Morgan fingerprint density at radius 1 is 1.24 bits per heavy atom. The highest BCUT2D eigenvalue weighted by atomic mass is 35.5. The molecule has 46 heavy (non-hydrogen) atoms. The Kier molecular flexibility index (Phi) is 7.89. The average molecular weight is 665 g/mol. The number of amides is 1. The van der Waals surface area contributed by atoms with Crippen LogP contribution in [-0.4, -0.2) is 91.7 Å². The minimum Gasteiger partial charge on any atom is -0.389 e. The summed E-state index contributed by atoms with van der Waals surface area (Å²) in [7, 11) is 7.54. The van der Waals surface area contributed by atoms with Gasteiger partial charge in [-0.25, -0.2) is 9.37 Å². The van der Waals surface area contributed by atoms with E-state index in [1.807, 2.05) is 14.1 Å². The van der Waals surface area contributed by atoms with Gasteiger partial charge in [0.25, 0.3) is 0 Å². The number of nitrogens with two attached hydrogens (primary N) is 1. The van der Waals surface area contributed by atoms with E-state index in [0.717, 1.165) is 28.9 Å². The zero-order chi connectivity index (χ0) is 32.4. The molecule has 0 spiro atoms. The van der Waals surface area contributed by atoms with E-state index in [-0.39, 0.29) is 41.8 Å². The molecule has 3 N–H and O–H groups in total. The number of aromatic nitrogens is 2. The van der Waals surface area contributed by atoms with Crippen LogP contribution < -0.4 is 16.0 Å². The van der Waals surface area contributed by atoms with Crippen LogP contribution in [-0.2, 0) is 27.5 Å². The largest absolute Gasteiger partial charge is 0.389 e. The number of anilines is 3. The maximum atomic E-state index is 15.1. The number of likely N-dealkylation sites (tertiary alicyclic amines) is 1. The smallest absolute Gasteiger partial charge is 0.244 e. The highest BCUT2D eigenvalue weighted by Gasteiger charge is 2.37. The SMILES string of the molecule is COC1CN(c2nc(N[C@@H]3CCCN(C)C3=O)c3c4c(c(-c5ccc(F)c6sc(N)c(C#N)c56)c(Cl)c3n2)COC4)CC1N(C)C. The number of benzene rings is 2. The van der Waals surface area contributed by atoms with E-state index in [1.165, 1.54) is 6.07 Å². The molecule has 3 aliphatic rings. The summed E-state index contributed by atoms with van der Waals surface area (Å²) in [4.78, 5) is 29.3. The Morgan fingerprint density at radius 2 is 2.02 bits per heavy atom. The third kappa shape index (κ3) is 4.82. The third-order valence-corrected chi connectivity index (χ3v) is 10.8. The van der Waals surface area contributed by atoms with Gasteiger partial charge in [0.15, 0.2) is 0 Å². The van der Waals surface area contributed by atoms with E-state index >= 15 is 4.39 Å². The molecule has 14 heteroatoms. The van der Waals surface area contributed by atoms with Crippen molar-refractivity contribution in [3.63, 3.8) is 0 Å². The zero-order valence-electron chi connectivity index (χ0n) is 26.0. The number of nitrogens with zero attached hydrogens (tertiary/aromatic N) is 6. The van der Waals surface area contributed by atoms with Crippen molar-refractivity contribution in [1.29, 1.82) is 5.26 Å². The first kappa shape index (κ1) is 30.8. The Balaban J connectivity index is 1.49. The fourth-order valence-corrected chi connectivity index (χ4v) is 8.34. The molecule has 7 rings (SSSR count). The number of hydrogen-bond acceptors (Lipinski definition) is 11. The number of nitrogens with one attached hydrogen (secondary N) is 1. The molecule has 0 aliphatic carbocycles. The fraction of sp³-hybridized carbons (Fsp3) is 0.438. The Morgan fingerprint density at radius 3 is 2.74 bits per heavy atom. The summed E-state index contributed by atoms with van der Waals surface area (Å²) in [5, 5.41) is 15.1. The van der Waals surface area contributed by atoms with Crippen molar-refractivity contribution in [2.24, 2.45) is 0 Å². The van der Waals surface area contributed by atoms with Gasteiger partial charge in [-0.1, -0.05) is 17.7 Å². The molecule has 3 aliphatic heterocycles. The van der Waals surface area contributed by atoms with Crippen LogP contribution in [0.15, 0.2) is 12.1 Å². The molecule has 1 amide bonds. The van der Waals surface area contributed by atoms with Crippen LogP contribution in [0.25, 0.3) is 32.1 Å². The first-order valence-electron chi connectivity index (χ1n) is 15.1. The molecule has 4 aromatic rings. The normalized spacial score (nSPS) is 21.5. The number of thiophene rings is 1. The Labute approximate surface area is 274 Å². The number of carbonyl (C=O) groups excluding carboxylic acids is 1. The van der Waals surface area contributed by atoms with E-state index < -0.39 is 11.9 Å². The van der Waals surface area contributed by atoms with Gasteiger partial charge in [-0.3, -0.25) is 4.79 Å². The number of likely N-dealkylation sites (N-methyl/N-ethyl adjacent to an activating group) is 2. The molecular formula is C32H34ClFN8O3S. The molecule has 2 unspecified atom stereocenters. The van der Waals surface area contributed by atoms with Crippen molar-refractivity contribution in [3.8, 4) is 17.2 Å². The van der Waals surface area contributed by atoms with Gasteiger partial charge in [0.1, 0.15) is 28.7 Å². The molecule has 2 aromatic heterocycles. The molecule has 240 valence electrons. The van der Waals surface area contributed by atoms with Crippen molar-refractivity contribution in [3.05, 3.63) is 39.7 Å². The Bertz CT molecular complexity index is 1940. The van der Waals surface area contributed by atoms with Crippen molar-refractivity contribution < 1.29 is 18.7 Å². The number of halogens is 2. The lowest BCUT2D eigenvalue weighted by molar-refractivity contribution is -0.132. The number of methoxy groups -OCH3 is 1. The second-order valence-electron chi connectivity index (χ2n) is 12.3. The second kappa shape index (κ2) is 11.8. The molecule has 2 fully saturated rings. The van der Waals surface area contributed by atoms with Crippen LogP contribution in [0, 0.1) is 17.1 Å². The standard InChI is InChI=1S/C32H34ClFN8O3S/c1-40(2)21-11-42(12-22(21)44-4)32-38-27-25(30(39-32)37-20-6-5-9-41(3)31(20)43)18-14-45-13-17(18)23(26(27)33)15-7-8-19(34)28-24(15)16(10-35)29(36)46-28/h7-8,20-22H,5-6,9,11-14,36H2,1-4H3,(H,37,38,39)/t20-,21?,22?/m1/s1. The summed E-state index contributed by atoms with van der Waals surface area (Å²) in [5.41, 5.74) is 9.72. The zero-order valence-corrected chi connectivity index (χ0v) is 27.6. The summed E-state index contributed by atoms with van der Waals surface area (Å²) in [6, 6.07) is 4.81. The molecular weight excluding hydrogens is 631 g/mol.